The summed E-state index contributed by atoms with van der Waals surface area (Å²) in [6.07, 6.45) is -1.07. The monoisotopic (exact) mass is 186 g/mol. The Labute approximate surface area is 74.3 Å². The Bertz CT molecular complexity index is 280. The molecule has 0 saturated carbocycles. The van der Waals surface area contributed by atoms with Crippen LogP contribution >= 0.6 is 11.3 Å². The zero-order valence-corrected chi connectivity index (χ0v) is 7.47. The molecule has 2 N–H and O–H groups in total. The Hall–Kier alpha value is -0.870. The second-order valence-electron chi connectivity index (χ2n) is 2.57. The number of carbonyl (C=O) groups is 1. The molecule has 0 amide bonds. The molecule has 0 spiro atoms. The van der Waals surface area contributed by atoms with Gasteiger partial charge in [0.15, 0.2) is 6.10 Å². The third-order valence-corrected chi connectivity index (χ3v) is 2.50. The molecule has 0 radical (unpaired) electrons. The summed E-state index contributed by atoms with van der Waals surface area (Å²) < 4.78 is 0. The molecular formula is C8H10O3S. The highest BCUT2D eigenvalue weighted by atomic mass is 32.1. The molecule has 0 saturated heterocycles. The fourth-order valence-electron chi connectivity index (χ4n) is 0.873. The van der Waals surface area contributed by atoms with Gasteiger partial charge in [-0.25, -0.2) is 4.79 Å². The highest BCUT2D eigenvalue weighted by Gasteiger charge is 2.14. The molecule has 0 bridgehead atoms. The number of carboxylic acid groups (broad SMARTS) is 1. The van der Waals surface area contributed by atoms with Crippen molar-refractivity contribution in [3.8, 4) is 0 Å². The largest absolute Gasteiger partial charge is 0.479 e. The topological polar surface area (TPSA) is 57.5 Å². The van der Waals surface area contributed by atoms with E-state index in [-0.39, 0.29) is 6.42 Å². The summed E-state index contributed by atoms with van der Waals surface area (Å²) >= 11 is 1.51. The van der Waals surface area contributed by atoms with Gasteiger partial charge in [0, 0.05) is 16.2 Å². The zero-order valence-electron chi connectivity index (χ0n) is 6.65. The summed E-state index contributed by atoms with van der Waals surface area (Å²) in [5.74, 6) is -1.17. The molecule has 0 unspecified atom stereocenters. The van der Waals surface area contributed by atoms with Gasteiger partial charge in [0.25, 0.3) is 0 Å². The molecule has 1 atom stereocenters. The minimum atomic E-state index is -1.27. The van der Waals surface area contributed by atoms with Crippen molar-refractivity contribution in [2.24, 2.45) is 0 Å². The molecule has 0 aromatic carbocycles. The third-order valence-electron chi connectivity index (χ3n) is 1.48. The van der Waals surface area contributed by atoms with Crippen molar-refractivity contribution in [3.05, 3.63) is 21.9 Å². The molecule has 1 rings (SSSR count). The van der Waals surface area contributed by atoms with Crippen molar-refractivity contribution in [3.63, 3.8) is 0 Å². The van der Waals surface area contributed by atoms with Crippen LogP contribution in [0, 0.1) is 6.92 Å². The maximum Gasteiger partial charge on any atom is 0.332 e. The lowest BCUT2D eigenvalue weighted by atomic mass is 10.2. The summed E-state index contributed by atoms with van der Waals surface area (Å²) in [6, 6.07) is 3.75. The Morgan fingerprint density at radius 3 is 2.75 bits per heavy atom. The third kappa shape index (κ3) is 2.32. The van der Waals surface area contributed by atoms with Crippen LogP contribution < -0.4 is 0 Å². The van der Waals surface area contributed by atoms with Crippen molar-refractivity contribution in [1.82, 2.24) is 0 Å². The molecule has 0 aliphatic heterocycles. The van der Waals surface area contributed by atoms with Gasteiger partial charge in [0.2, 0.25) is 0 Å². The highest BCUT2D eigenvalue weighted by Crippen LogP contribution is 2.16. The van der Waals surface area contributed by atoms with E-state index in [1.165, 1.54) is 11.3 Å². The van der Waals surface area contributed by atoms with Crippen LogP contribution in [0.25, 0.3) is 0 Å². The minimum Gasteiger partial charge on any atom is -0.479 e. The van der Waals surface area contributed by atoms with Gasteiger partial charge in [-0.1, -0.05) is 0 Å². The molecule has 1 aromatic heterocycles. The number of aryl methyl sites for hydroxylation is 1. The Morgan fingerprint density at radius 1 is 1.67 bits per heavy atom. The number of rotatable bonds is 3. The van der Waals surface area contributed by atoms with Crippen molar-refractivity contribution in [2.45, 2.75) is 19.4 Å². The quantitative estimate of drug-likeness (QED) is 0.741. The number of hydrogen-bond donors (Lipinski definition) is 2. The van der Waals surface area contributed by atoms with Crippen LogP contribution in [0.2, 0.25) is 0 Å². The van der Waals surface area contributed by atoms with E-state index in [0.717, 1.165) is 9.75 Å². The molecular weight excluding hydrogens is 176 g/mol. The molecule has 0 aliphatic carbocycles. The fourth-order valence-corrected chi connectivity index (χ4v) is 1.80. The second kappa shape index (κ2) is 3.69. The summed E-state index contributed by atoms with van der Waals surface area (Å²) in [7, 11) is 0. The molecule has 4 heteroatoms. The molecule has 12 heavy (non-hydrogen) atoms. The first-order chi connectivity index (χ1) is 5.59. The fraction of sp³-hybridized carbons (Fsp3) is 0.375. The van der Waals surface area contributed by atoms with E-state index in [0.29, 0.717) is 0 Å². The number of aliphatic hydroxyl groups excluding tert-OH is 1. The minimum absolute atomic E-state index is 0.202. The lowest BCUT2D eigenvalue weighted by Crippen LogP contribution is -2.21. The van der Waals surface area contributed by atoms with Crippen molar-refractivity contribution >= 4 is 17.3 Å². The molecule has 1 heterocycles. The standard InChI is InChI=1S/C8H10O3S/c1-5-2-3-6(12-5)4-7(9)8(10)11/h2-3,7,9H,4H2,1H3,(H,10,11)/t7-/m0/s1. The molecule has 3 nitrogen and oxygen atoms in total. The average Bonchev–Trinajstić information content (AvgIpc) is 2.35. The average molecular weight is 186 g/mol. The van der Waals surface area contributed by atoms with Gasteiger partial charge >= 0.3 is 5.97 Å². The first-order valence-electron chi connectivity index (χ1n) is 3.56. The van der Waals surface area contributed by atoms with Gasteiger partial charge in [-0.2, -0.15) is 0 Å². The van der Waals surface area contributed by atoms with Crippen molar-refractivity contribution in [2.75, 3.05) is 0 Å². The Kier molecular flexibility index (Phi) is 2.83. The smallest absolute Gasteiger partial charge is 0.332 e. The summed E-state index contributed by atoms with van der Waals surface area (Å²) in [6.45, 7) is 1.95. The van der Waals surface area contributed by atoms with Crippen molar-refractivity contribution < 1.29 is 15.0 Å². The van der Waals surface area contributed by atoms with E-state index in [4.69, 9.17) is 10.2 Å². The number of carboxylic acids is 1. The van der Waals surface area contributed by atoms with Crippen molar-refractivity contribution in [1.29, 1.82) is 0 Å². The summed E-state index contributed by atoms with van der Waals surface area (Å²) in [5.41, 5.74) is 0. The predicted octanol–water partition coefficient (Wildman–Crippen LogP) is 1.04. The lowest BCUT2D eigenvalue weighted by molar-refractivity contribution is -0.146. The van der Waals surface area contributed by atoms with Gasteiger partial charge in [-0.15, -0.1) is 11.3 Å². The normalized spacial score (nSPS) is 12.8. The first-order valence-corrected chi connectivity index (χ1v) is 4.37. The van der Waals surface area contributed by atoms with Crippen LogP contribution in [0.5, 0.6) is 0 Å². The van der Waals surface area contributed by atoms with Crippen LogP contribution in [0.4, 0.5) is 0 Å². The van der Waals surface area contributed by atoms with E-state index in [2.05, 4.69) is 0 Å². The molecule has 66 valence electrons. The highest BCUT2D eigenvalue weighted by molar-refractivity contribution is 7.11. The predicted molar refractivity (Wildman–Crippen MR) is 46.4 cm³/mol. The molecule has 0 aliphatic rings. The van der Waals surface area contributed by atoms with Crippen LogP contribution in [0.3, 0.4) is 0 Å². The number of aliphatic carboxylic acids is 1. The van der Waals surface area contributed by atoms with Gasteiger partial charge < -0.3 is 10.2 Å². The van der Waals surface area contributed by atoms with Crippen LogP contribution in [-0.4, -0.2) is 22.3 Å². The van der Waals surface area contributed by atoms with E-state index >= 15 is 0 Å². The van der Waals surface area contributed by atoms with Crippen LogP contribution in [0.15, 0.2) is 12.1 Å². The maximum atomic E-state index is 10.3. The van der Waals surface area contributed by atoms with E-state index < -0.39 is 12.1 Å². The van der Waals surface area contributed by atoms with Gasteiger partial charge in [0.05, 0.1) is 0 Å². The SMILES string of the molecule is Cc1ccc(C[C@H](O)C(=O)O)s1. The van der Waals surface area contributed by atoms with E-state index in [1.54, 1.807) is 0 Å². The second-order valence-corrected chi connectivity index (χ2v) is 3.94. The number of hydrogen-bond acceptors (Lipinski definition) is 3. The molecule has 1 aromatic rings. The molecule has 0 fully saturated rings. The summed E-state index contributed by atoms with van der Waals surface area (Å²) in [5, 5.41) is 17.4. The Morgan fingerprint density at radius 2 is 2.33 bits per heavy atom. The van der Waals surface area contributed by atoms with Crippen LogP contribution in [0.1, 0.15) is 9.75 Å². The van der Waals surface area contributed by atoms with Crippen LogP contribution in [-0.2, 0) is 11.2 Å². The number of aliphatic hydroxyl groups is 1. The van der Waals surface area contributed by atoms with Gasteiger partial charge in [-0.05, 0) is 19.1 Å². The lowest BCUT2D eigenvalue weighted by Gasteiger charge is -2.01. The summed E-state index contributed by atoms with van der Waals surface area (Å²) in [4.78, 5) is 12.3. The zero-order chi connectivity index (χ0) is 9.14. The Balaban J connectivity index is 2.58. The van der Waals surface area contributed by atoms with E-state index in [1.807, 2.05) is 19.1 Å². The first kappa shape index (κ1) is 9.22. The number of thiophene rings is 1. The van der Waals surface area contributed by atoms with Gasteiger partial charge in [0.1, 0.15) is 0 Å². The van der Waals surface area contributed by atoms with Gasteiger partial charge in [-0.3, -0.25) is 0 Å². The van der Waals surface area contributed by atoms with E-state index in [9.17, 15) is 4.79 Å². The maximum absolute atomic E-state index is 10.3.